The quantitative estimate of drug-likeness (QED) is 0.870. The third-order valence-electron chi connectivity index (χ3n) is 3.91. The first-order valence-electron chi connectivity index (χ1n) is 7.41. The molecular weight excluding hydrogens is 312 g/mol. The van der Waals surface area contributed by atoms with Crippen LogP contribution in [0.15, 0.2) is 24.3 Å². The van der Waals surface area contributed by atoms with Gasteiger partial charge in [-0.1, -0.05) is 25.1 Å². The standard InChI is InChI=1S/C15H21F2NO3S/c1-2-13(18-11-7-9-22(19,20)10-8-11)12-5-3-4-6-14(12)21-15(16)17/h3-6,11,13,15,18H,2,7-10H2,1H3. The van der Waals surface area contributed by atoms with Crippen LogP contribution >= 0.6 is 0 Å². The molecule has 0 radical (unpaired) electrons. The van der Waals surface area contributed by atoms with Crippen LogP contribution in [0, 0.1) is 0 Å². The smallest absolute Gasteiger partial charge is 0.387 e. The van der Waals surface area contributed by atoms with E-state index in [-0.39, 0.29) is 29.3 Å². The normalized spacial score (nSPS) is 20.0. The van der Waals surface area contributed by atoms with Gasteiger partial charge in [0, 0.05) is 17.6 Å². The summed E-state index contributed by atoms with van der Waals surface area (Å²) in [5.74, 6) is 0.521. The Kier molecular flexibility index (Phi) is 5.74. The first kappa shape index (κ1) is 17.1. The number of alkyl halides is 2. The molecule has 1 aliphatic rings. The molecule has 1 atom stereocenters. The van der Waals surface area contributed by atoms with E-state index in [0.29, 0.717) is 24.8 Å². The highest BCUT2D eigenvalue weighted by Crippen LogP contribution is 2.29. The van der Waals surface area contributed by atoms with E-state index in [2.05, 4.69) is 10.1 Å². The maximum absolute atomic E-state index is 12.5. The van der Waals surface area contributed by atoms with Crippen molar-refractivity contribution < 1.29 is 21.9 Å². The molecule has 22 heavy (non-hydrogen) atoms. The molecule has 124 valence electrons. The van der Waals surface area contributed by atoms with Gasteiger partial charge in [0.2, 0.25) is 0 Å². The fraction of sp³-hybridized carbons (Fsp3) is 0.600. The molecule has 7 heteroatoms. The Bertz CT molecular complexity index is 578. The molecule has 1 unspecified atom stereocenters. The summed E-state index contributed by atoms with van der Waals surface area (Å²) in [5, 5.41) is 3.38. The van der Waals surface area contributed by atoms with Crippen molar-refractivity contribution in [3.63, 3.8) is 0 Å². The number of benzene rings is 1. The second-order valence-corrected chi connectivity index (χ2v) is 7.77. The number of halogens is 2. The highest BCUT2D eigenvalue weighted by molar-refractivity contribution is 7.91. The Labute approximate surface area is 129 Å². The molecule has 0 spiro atoms. The SMILES string of the molecule is CCC(NC1CCS(=O)(=O)CC1)c1ccccc1OC(F)F. The van der Waals surface area contributed by atoms with Gasteiger partial charge in [-0.25, -0.2) is 8.42 Å². The summed E-state index contributed by atoms with van der Waals surface area (Å²) in [6.07, 6.45) is 1.81. The van der Waals surface area contributed by atoms with Crippen LogP contribution in [-0.2, 0) is 9.84 Å². The van der Waals surface area contributed by atoms with Crippen LogP contribution < -0.4 is 10.1 Å². The lowest BCUT2D eigenvalue weighted by Crippen LogP contribution is -2.39. The molecule has 2 rings (SSSR count). The van der Waals surface area contributed by atoms with Crippen molar-refractivity contribution >= 4 is 9.84 Å². The summed E-state index contributed by atoms with van der Waals surface area (Å²) in [4.78, 5) is 0. The third kappa shape index (κ3) is 4.64. The second-order valence-electron chi connectivity index (χ2n) is 5.47. The van der Waals surface area contributed by atoms with E-state index in [1.165, 1.54) is 6.07 Å². The fourth-order valence-corrected chi connectivity index (χ4v) is 4.23. The molecule has 1 aromatic carbocycles. The summed E-state index contributed by atoms with van der Waals surface area (Å²) in [5.41, 5.74) is 0.679. The van der Waals surface area contributed by atoms with Crippen molar-refractivity contribution in [3.8, 4) is 5.75 Å². The van der Waals surface area contributed by atoms with Gasteiger partial charge in [0.05, 0.1) is 11.5 Å². The van der Waals surface area contributed by atoms with Gasteiger partial charge >= 0.3 is 6.61 Å². The number of ether oxygens (including phenoxy) is 1. The number of rotatable bonds is 6. The average molecular weight is 333 g/mol. The predicted molar refractivity (Wildman–Crippen MR) is 80.9 cm³/mol. The molecule has 1 heterocycles. The molecule has 1 saturated heterocycles. The van der Waals surface area contributed by atoms with E-state index in [1.54, 1.807) is 18.2 Å². The van der Waals surface area contributed by atoms with Crippen molar-refractivity contribution in [2.45, 2.75) is 44.9 Å². The van der Waals surface area contributed by atoms with Crippen LogP contribution in [0.3, 0.4) is 0 Å². The van der Waals surface area contributed by atoms with Crippen LogP contribution in [0.25, 0.3) is 0 Å². The van der Waals surface area contributed by atoms with Gasteiger partial charge in [0.15, 0.2) is 0 Å². The van der Waals surface area contributed by atoms with Gasteiger partial charge in [0.25, 0.3) is 0 Å². The molecule has 1 aromatic rings. The number of para-hydroxylation sites is 1. The summed E-state index contributed by atoms with van der Waals surface area (Å²) in [6, 6.07) is 6.66. The zero-order chi connectivity index (χ0) is 16.2. The maximum Gasteiger partial charge on any atom is 0.387 e. The van der Waals surface area contributed by atoms with Gasteiger partial charge in [-0.15, -0.1) is 0 Å². The molecule has 0 bridgehead atoms. The minimum absolute atomic E-state index is 0.0769. The van der Waals surface area contributed by atoms with E-state index >= 15 is 0 Å². The van der Waals surface area contributed by atoms with Crippen LogP contribution in [0.5, 0.6) is 5.75 Å². The molecule has 0 aromatic heterocycles. The zero-order valence-corrected chi connectivity index (χ0v) is 13.3. The number of sulfone groups is 1. The Morgan fingerprint density at radius 2 is 1.91 bits per heavy atom. The summed E-state index contributed by atoms with van der Waals surface area (Å²) in [7, 11) is -2.91. The lowest BCUT2D eigenvalue weighted by atomic mass is 10.0. The minimum atomic E-state index is -2.91. The Balaban J connectivity index is 2.09. The van der Waals surface area contributed by atoms with Crippen LogP contribution in [0.4, 0.5) is 8.78 Å². The van der Waals surface area contributed by atoms with Crippen molar-refractivity contribution in [2.75, 3.05) is 11.5 Å². The van der Waals surface area contributed by atoms with Crippen molar-refractivity contribution in [3.05, 3.63) is 29.8 Å². The van der Waals surface area contributed by atoms with E-state index in [9.17, 15) is 17.2 Å². The van der Waals surface area contributed by atoms with Gasteiger partial charge in [-0.2, -0.15) is 8.78 Å². The molecule has 1 fully saturated rings. The number of nitrogens with one attached hydrogen (secondary N) is 1. The first-order chi connectivity index (χ1) is 10.4. The van der Waals surface area contributed by atoms with Crippen LogP contribution in [-0.4, -0.2) is 32.6 Å². The monoisotopic (exact) mass is 333 g/mol. The topological polar surface area (TPSA) is 55.4 Å². The molecule has 0 aliphatic carbocycles. The summed E-state index contributed by atoms with van der Waals surface area (Å²) >= 11 is 0. The van der Waals surface area contributed by atoms with E-state index in [0.717, 1.165) is 0 Å². The Morgan fingerprint density at radius 3 is 2.50 bits per heavy atom. The van der Waals surface area contributed by atoms with E-state index < -0.39 is 16.4 Å². The van der Waals surface area contributed by atoms with Gasteiger partial charge in [0.1, 0.15) is 15.6 Å². The van der Waals surface area contributed by atoms with Gasteiger partial charge in [-0.05, 0) is 25.3 Å². The summed E-state index contributed by atoms with van der Waals surface area (Å²) in [6.45, 7) is -0.908. The number of hydrogen-bond acceptors (Lipinski definition) is 4. The molecule has 1 N–H and O–H groups in total. The maximum atomic E-state index is 12.5. The molecule has 4 nitrogen and oxygen atoms in total. The zero-order valence-electron chi connectivity index (χ0n) is 12.5. The Morgan fingerprint density at radius 1 is 1.27 bits per heavy atom. The van der Waals surface area contributed by atoms with Gasteiger partial charge in [-0.3, -0.25) is 0 Å². The fourth-order valence-electron chi connectivity index (χ4n) is 2.74. The molecule has 0 saturated carbocycles. The second kappa shape index (κ2) is 7.37. The third-order valence-corrected chi connectivity index (χ3v) is 5.63. The van der Waals surface area contributed by atoms with Crippen LogP contribution in [0.2, 0.25) is 0 Å². The lowest BCUT2D eigenvalue weighted by Gasteiger charge is -2.29. The summed E-state index contributed by atoms with van der Waals surface area (Å²) < 4.78 is 52.5. The molecule has 0 amide bonds. The molecular formula is C15H21F2NO3S. The van der Waals surface area contributed by atoms with E-state index in [4.69, 9.17) is 0 Å². The Hall–Kier alpha value is -1.21. The highest BCUT2D eigenvalue weighted by atomic mass is 32.2. The molecule has 1 aliphatic heterocycles. The van der Waals surface area contributed by atoms with Crippen LogP contribution in [0.1, 0.15) is 37.8 Å². The average Bonchev–Trinajstić information content (AvgIpc) is 2.46. The van der Waals surface area contributed by atoms with Crippen molar-refractivity contribution in [2.24, 2.45) is 0 Å². The number of hydrogen-bond donors (Lipinski definition) is 1. The van der Waals surface area contributed by atoms with Crippen molar-refractivity contribution in [1.29, 1.82) is 0 Å². The first-order valence-corrected chi connectivity index (χ1v) is 9.23. The highest BCUT2D eigenvalue weighted by Gasteiger charge is 2.26. The van der Waals surface area contributed by atoms with E-state index in [1.807, 2.05) is 6.92 Å². The minimum Gasteiger partial charge on any atom is -0.434 e. The predicted octanol–water partition coefficient (Wildman–Crippen LogP) is 2.91. The van der Waals surface area contributed by atoms with Crippen molar-refractivity contribution in [1.82, 2.24) is 5.32 Å². The lowest BCUT2D eigenvalue weighted by molar-refractivity contribution is -0.0507. The largest absolute Gasteiger partial charge is 0.434 e. The van der Waals surface area contributed by atoms with Gasteiger partial charge < -0.3 is 10.1 Å².